The van der Waals surface area contributed by atoms with E-state index >= 15 is 0 Å². The van der Waals surface area contributed by atoms with Crippen LogP contribution in [0.2, 0.25) is 0 Å². The number of phosphoric acid groups is 1. The Bertz CT molecular complexity index is 1850. The number of hydrogen-bond acceptors (Lipinski definition) is 7. The van der Waals surface area contributed by atoms with E-state index in [1.807, 2.05) is 21.1 Å². The van der Waals surface area contributed by atoms with Gasteiger partial charge in [-0.15, -0.1) is 0 Å². The number of hydrogen-bond donors (Lipinski definition) is 1. The van der Waals surface area contributed by atoms with Gasteiger partial charge in [-0.1, -0.05) is 316 Å². The molecule has 0 fully saturated rings. The van der Waals surface area contributed by atoms with Gasteiger partial charge in [0.1, 0.15) is 19.8 Å². The van der Waals surface area contributed by atoms with Crippen LogP contribution in [0.5, 0.6) is 0 Å². The number of carbonyl (C=O) groups is 2. The number of quaternary nitrogens is 1. The number of nitrogens with zero attached hydrogens (tertiary/aromatic N) is 1. The molecule has 0 aromatic rings. The summed E-state index contributed by atoms with van der Waals surface area (Å²) in [6.45, 7) is 4.35. The van der Waals surface area contributed by atoms with E-state index in [0.717, 1.165) is 96.3 Å². The zero-order valence-electron chi connectivity index (χ0n) is 57.9. The summed E-state index contributed by atoms with van der Waals surface area (Å²) in [4.78, 5) is 35.9. The number of esters is 2. The number of likely N-dealkylation sites (N-methyl/N-ethyl adjacent to an activating group) is 1. The molecule has 0 saturated heterocycles. The molecule has 0 spiro atoms. The van der Waals surface area contributed by atoms with Crippen molar-refractivity contribution in [2.75, 3.05) is 47.5 Å². The third kappa shape index (κ3) is 71.7. The molecule has 9 nitrogen and oxygen atoms in total. The Hall–Kier alpha value is -3.33. The first-order chi connectivity index (χ1) is 43.0. The molecule has 508 valence electrons. The maximum absolute atomic E-state index is 12.9. The Balaban J connectivity index is 4.06. The van der Waals surface area contributed by atoms with Gasteiger partial charge in [-0.3, -0.25) is 18.6 Å². The van der Waals surface area contributed by atoms with Crippen molar-refractivity contribution in [2.24, 2.45) is 0 Å². The van der Waals surface area contributed by atoms with Gasteiger partial charge in [0, 0.05) is 12.8 Å². The maximum atomic E-state index is 12.9. The Kier molecular flexibility index (Phi) is 65.5. The largest absolute Gasteiger partial charge is 0.472 e. The second-order valence-corrected chi connectivity index (χ2v) is 27.0. The second kappa shape index (κ2) is 68.0. The summed E-state index contributed by atoms with van der Waals surface area (Å²) in [5.74, 6) is -0.795. The third-order valence-corrected chi connectivity index (χ3v) is 16.8. The summed E-state index contributed by atoms with van der Waals surface area (Å²) in [5.41, 5.74) is 0. The van der Waals surface area contributed by atoms with Crippen molar-refractivity contribution in [1.82, 2.24) is 0 Å². The van der Waals surface area contributed by atoms with Crippen LogP contribution in [0.1, 0.15) is 322 Å². The fourth-order valence-electron chi connectivity index (χ4n) is 10.2. The molecule has 10 heteroatoms. The number of rotatable bonds is 67. The van der Waals surface area contributed by atoms with E-state index in [4.69, 9.17) is 18.5 Å². The fraction of sp³-hybridized carbons (Fsp3) is 0.744. The maximum Gasteiger partial charge on any atom is 0.472 e. The van der Waals surface area contributed by atoms with Gasteiger partial charge < -0.3 is 18.9 Å². The van der Waals surface area contributed by atoms with Crippen LogP contribution in [0.15, 0.2) is 109 Å². The first-order valence-corrected chi connectivity index (χ1v) is 38.1. The van der Waals surface area contributed by atoms with Gasteiger partial charge in [0.05, 0.1) is 27.7 Å². The van der Waals surface area contributed by atoms with E-state index in [-0.39, 0.29) is 32.0 Å². The molecule has 1 N–H and O–H groups in total. The number of unbranched alkanes of at least 4 members (excludes halogenated alkanes) is 35. The molecule has 0 aliphatic carbocycles. The van der Waals surface area contributed by atoms with E-state index in [9.17, 15) is 19.0 Å². The van der Waals surface area contributed by atoms with E-state index in [1.165, 1.54) is 193 Å². The predicted octanol–water partition coefficient (Wildman–Crippen LogP) is 24.1. The van der Waals surface area contributed by atoms with E-state index < -0.39 is 26.5 Å². The molecule has 0 aliphatic heterocycles. The SMILES string of the molecule is CC/C=C\C/C=C\C/C=C\C/C=C\C/C=C\C/C=C\C/C=C\C/C=C\CCCCCCCCCCCCC(=O)OC(COC(=O)CCCCCCCCCCCCCCCCCCC/C=C\CCCCCCCCCC)COP(=O)(O)OCC[N+](C)(C)C. The summed E-state index contributed by atoms with van der Waals surface area (Å²) in [7, 11) is 1.47. The summed E-state index contributed by atoms with van der Waals surface area (Å²) in [6.07, 6.45) is 96.3. The van der Waals surface area contributed by atoms with E-state index in [1.54, 1.807) is 0 Å². The van der Waals surface area contributed by atoms with Crippen LogP contribution in [-0.2, 0) is 32.7 Å². The molecule has 2 atom stereocenters. The monoisotopic (exact) mass is 1250 g/mol. The topological polar surface area (TPSA) is 108 Å². The van der Waals surface area contributed by atoms with Gasteiger partial charge in [-0.25, -0.2) is 4.57 Å². The summed E-state index contributed by atoms with van der Waals surface area (Å²) < 4.78 is 34.8. The van der Waals surface area contributed by atoms with Crippen molar-refractivity contribution < 1.29 is 42.1 Å². The zero-order chi connectivity index (χ0) is 64.1. The molecule has 0 radical (unpaired) electrons. The Morgan fingerprint density at radius 2 is 0.648 bits per heavy atom. The highest BCUT2D eigenvalue weighted by atomic mass is 31.2. The number of allylic oxidation sites excluding steroid dienone is 18. The van der Waals surface area contributed by atoms with E-state index in [2.05, 4.69) is 123 Å². The van der Waals surface area contributed by atoms with Gasteiger partial charge in [0.2, 0.25) is 0 Å². The summed E-state index contributed by atoms with van der Waals surface area (Å²) in [6, 6.07) is 0. The Morgan fingerprint density at radius 1 is 0.364 bits per heavy atom. The highest BCUT2D eigenvalue weighted by Gasteiger charge is 2.27. The lowest BCUT2D eigenvalue weighted by Crippen LogP contribution is -2.37. The minimum absolute atomic E-state index is 0.0276. The third-order valence-electron chi connectivity index (χ3n) is 15.8. The quantitative estimate of drug-likeness (QED) is 0.0211. The van der Waals surface area contributed by atoms with Crippen LogP contribution in [0, 0.1) is 0 Å². The molecule has 0 bridgehead atoms. The van der Waals surface area contributed by atoms with Crippen LogP contribution in [0.25, 0.3) is 0 Å². The molecule has 0 aliphatic rings. The molecule has 0 aromatic heterocycles. The van der Waals surface area contributed by atoms with Crippen LogP contribution in [0.4, 0.5) is 0 Å². The first-order valence-electron chi connectivity index (χ1n) is 36.6. The number of carbonyl (C=O) groups excluding carboxylic acids is 2. The molecular formula is C78H139NO8P+. The molecule has 0 heterocycles. The molecule has 0 amide bonds. The number of phosphoric ester groups is 1. The molecular weight excluding hydrogens is 1110 g/mol. The second-order valence-electron chi connectivity index (χ2n) is 25.6. The van der Waals surface area contributed by atoms with Crippen molar-refractivity contribution in [1.29, 1.82) is 0 Å². The lowest BCUT2D eigenvalue weighted by Gasteiger charge is -2.24. The van der Waals surface area contributed by atoms with Crippen molar-refractivity contribution in [3.8, 4) is 0 Å². The van der Waals surface area contributed by atoms with Gasteiger partial charge >= 0.3 is 19.8 Å². The van der Waals surface area contributed by atoms with Crippen molar-refractivity contribution in [2.45, 2.75) is 328 Å². The van der Waals surface area contributed by atoms with Crippen LogP contribution in [-0.4, -0.2) is 74.9 Å². The smallest absolute Gasteiger partial charge is 0.462 e. The van der Waals surface area contributed by atoms with Gasteiger partial charge in [0.15, 0.2) is 6.10 Å². The molecule has 88 heavy (non-hydrogen) atoms. The highest BCUT2D eigenvalue weighted by Crippen LogP contribution is 2.43. The minimum atomic E-state index is -4.40. The van der Waals surface area contributed by atoms with Gasteiger partial charge in [-0.2, -0.15) is 0 Å². The summed E-state index contributed by atoms with van der Waals surface area (Å²) >= 11 is 0. The zero-order valence-corrected chi connectivity index (χ0v) is 58.8. The average molecular weight is 1250 g/mol. The fourth-order valence-corrected chi connectivity index (χ4v) is 10.9. The summed E-state index contributed by atoms with van der Waals surface area (Å²) in [5, 5.41) is 0. The van der Waals surface area contributed by atoms with Crippen molar-refractivity contribution in [3.63, 3.8) is 0 Å². The van der Waals surface area contributed by atoms with Crippen LogP contribution in [0.3, 0.4) is 0 Å². The van der Waals surface area contributed by atoms with Crippen LogP contribution < -0.4 is 0 Å². The average Bonchev–Trinajstić information content (AvgIpc) is 3.57. The van der Waals surface area contributed by atoms with Crippen molar-refractivity contribution >= 4 is 19.8 Å². The Labute approximate surface area is 544 Å². The van der Waals surface area contributed by atoms with E-state index in [0.29, 0.717) is 17.4 Å². The normalized spacial score (nSPS) is 13.8. The van der Waals surface area contributed by atoms with Crippen LogP contribution >= 0.6 is 7.82 Å². The number of ether oxygens (including phenoxy) is 2. The molecule has 0 saturated carbocycles. The Morgan fingerprint density at radius 3 is 0.977 bits per heavy atom. The molecule has 2 unspecified atom stereocenters. The highest BCUT2D eigenvalue weighted by molar-refractivity contribution is 7.47. The minimum Gasteiger partial charge on any atom is -0.462 e. The molecule has 0 rings (SSSR count). The lowest BCUT2D eigenvalue weighted by atomic mass is 10.0. The molecule has 0 aromatic carbocycles. The van der Waals surface area contributed by atoms with Gasteiger partial charge in [0.25, 0.3) is 0 Å². The predicted molar refractivity (Wildman–Crippen MR) is 381 cm³/mol. The van der Waals surface area contributed by atoms with Crippen molar-refractivity contribution in [3.05, 3.63) is 109 Å². The first kappa shape index (κ1) is 84.7. The standard InChI is InChI=1S/C78H138NO8P/c1-6-8-10-12-14-16-18-20-22-24-26-28-30-32-34-36-37-38-39-40-41-43-45-47-49-51-53-55-57-59-61-63-65-67-69-71-78(81)87-76(75-86-88(82,83)85-73-72-79(3,4)5)74-84-77(80)70-68-66-64-62-60-58-56-54-52-50-48-46-44-42-35-33-31-29-27-25-23-21-19-17-15-13-11-9-7-2/h8,10,14,16,20,22,25-28,32,34,37-38,40-41,45,47,76H,6-7,9,11-13,15,17-19,21,23-24,29-31,33,35-36,39,42-44,46,48-75H2,1-5H3/p+1/b10-8-,16-14-,22-20-,27-25-,28-26-,34-32-,38-37-,41-40-,47-45-. The lowest BCUT2D eigenvalue weighted by molar-refractivity contribution is -0.870. The van der Waals surface area contributed by atoms with Gasteiger partial charge in [-0.05, 0) is 103 Å².